The van der Waals surface area contributed by atoms with Gasteiger partial charge in [0.15, 0.2) is 0 Å². The van der Waals surface area contributed by atoms with Crippen molar-refractivity contribution in [3.05, 3.63) is 57.1 Å². The molecule has 2 heterocycles. The highest BCUT2D eigenvalue weighted by atomic mass is 35.5. The highest BCUT2D eigenvalue weighted by molar-refractivity contribution is 7.21. The molecule has 0 fully saturated rings. The third-order valence-electron chi connectivity index (χ3n) is 2.87. The SMILES string of the molecule is Cc1ccc(-c2nc(C(=O)Nc3ccc(Cl)cc3F)cs2)s1. The summed E-state index contributed by atoms with van der Waals surface area (Å²) in [5, 5.41) is 5.21. The van der Waals surface area contributed by atoms with E-state index in [1.165, 1.54) is 28.3 Å². The third kappa shape index (κ3) is 3.19. The summed E-state index contributed by atoms with van der Waals surface area (Å²) in [6.07, 6.45) is 0. The molecule has 0 bridgehead atoms. The van der Waals surface area contributed by atoms with Crippen LogP contribution in [0.1, 0.15) is 15.4 Å². The van der Waals surface area contributed by atoms with E-state index in [9.17, 15) is 9.18 Å². The van der Waals surface area contributed by atoms with E-state index in [1.54, 1.807) is 16.7 Å². The van der Waals surface area contributed by atoms with Gasteiger partial charge in [-0.2, -0.15) is 0 Å². The maximum atomic E-state index is 13.7. The van der Waals surface area contributed by atoms with Crippen LogP contribution in [-0.4, -0.2) is 10.9 Å². The molecule has 0 atom stereocenters. The second-order valence-corrected chi connectivity index (χ2v) is 7.11. The number of carbonyl (C=O) groups excluding carboxylic acids is 1. The van der Waals surface area contributed by atoms with Gasteiger partial charge in [0.05, 0.1) is 10.6 Å². The van der Waals surface area contributed by atoms with Gasteiger partial charge in [-0.3, -0.25) is 4.79 Å². The molecule has 112 valence electrons. The third-order valence-corrected chi connectivity index (χ3v) is 5.11. The van der Waals surface area contributed by atoms with Gasteiger partial charge < -0.3 is 5.32 Å². The first-order chi connectivity index (χ1) is 10.5. The van der Waals surface area contributed by atoms with Gasteiger partial charge in [-0.15, -0.1) is 22.7 Å². The molecule has 0 saturated carbocycles. The Morgan fingerprint density at radius 3 is 2.82 bits per heavy atom. The fourth-order valence-electron chi connectivity index (χ4n) is 1.82. The lowest BCUT2D eigenvalue weighted by molar-refractivity contribution is 0.102. The fourth-order valence-corrected chi connectivity index (χ4v) is 3.72. The molecule has 1 aromatic carbocycles. The molecule has 0 saturated heterocycles. The number of amides is 1. The van der Waals surface area contributed by atoms with Crippen molar-refractivity contribution < 1.29 is 9.18 Å². The zero-order valence-electron chi connectivity index (χ0n) is 11.4. The molecule has 0 spiro atoms. The average Bonchev–Trinajstić information content (AvgIpc) is 3.10. The van der Waals surface area contributed by atoms with Gasteiger partial charge in [0.25, 0.3) is 5.91 Å². The number of hydrogen-bond donors (Lipinski definition) is 1. The van der Waals surface area contributed by atoms with Crippen LogP contribution in [0.15, 0.2) is 35.7 Å². The van der Waals surface area contributed by atoms with Crippen LogP contribution in [0.4, 0.5) is 10.1 Å². The number of aromatic nitrogens is 1. The quantitative estimate of drug-likeness (QED) is 0.701. The zero-order chi connectivity index (χ0) is 15.7. The standard InChI is InChI=1S/C15H10ClFN2OS2/c1-8-2-5-13(22-8)15-19-12(7-21-15)14(20)18-11-4-3-9(16)6-10(11)17/h2-7H,1H3,(H,18,20). The molecule has 1 N–H and O–H groups in total. The average molecular weight is 353 g/mol. The monoisotopic (exact) mass is 352 g/mol. The number of aryl methyl sites for hydroxylation is 1. The van der Waals surface area contributed by atoms with E-state index in [1.807, 2.05) is 19.1 Å². The molecule has 3 rings (SSSR count). The molecule has 22 heavy (non-hydrogen) atoms. The molecule has 1 amide bonds. The van der Waals surface area contributed by atoms with Crippen LogP contribution in [0.5, 0.6) is 0 Å². The van der Waals surface area contributed by atoms with Crippen LogP contribution in [0, 0.1) is 12.7 Å². The largest absolute Gasteiger partial charge is 0.318 e. The minimum atomic E-state index is -0.579. The van der Waals surface area contributed by atoms with Crippen molar-refractivity contribution in [2.45, 2.75) is 6.92 Å². The number of rotatable bonds is 3. The molecule has 0 radical (unpaired) electrons. The predicted molar refractivity (Wildman–Crippen MR) is 89.5 cm³/mol. The number of carbonyl (C=O) groups is 1. The minimum absolute atomic E-state index is 0.0796. The number of nitrogens with zero attached hydrogens (tertiary/aromatic N) is 1. The van der Waals surface area contributed by atoms with Crippen LogP contribution in [-0.2, 0) is 0 Å². The van der Waals surface area contributed by atoms with Crippen molar-refractivity contribution >= 4 is 45.9 Å². The molecular formula is C15H10ClFN2OS2. The number of anilines is 1. The molecular weight excluding hydrogens is 343 g/mol. The Balaban J connectivity index is 1.79. The highest BCUT2D eigenvalue weighted by Gasteiger charge is 2.14. The number of hydrogen-bond acceptors (Lipinski definition) is 4. The lowest BCUT2D eigenvalue weighted by Gasteiger charge is -2.04. The van der Waals surface area contributed by atoms with Crippen LogP contribution in [0.3, 0.4) is 0 Å². The summed E-state index contributed by atoms with van der Waals surface area (Å²) in [5.74, 6) is -1.03. The van der Waals surface area contributed by atoms with Crippen LogP contribution in [0.2, 0.25) is 5.02 Å². The molecule has 7 heteroatoms. The Morgan fingerprint density at radius 1 is 1.32 bits per heavy atom. The summed E-state index contributed by atoms with van der Waals surface area (Å²) in [4.78, 5) is 18.6. The van der Waals surface area contributed by atoms with Crippen LogP contribution in [0.25, 0.3) is 9.88 Å². The Morgan fingerprint density at radius 2 is 2.14 bits per heavy atom. The molecule has 0 aliphatic rings. The second kappa shape index (κ2) is 6.16. The maximum absolute atomic E-state index is 13.7. The molecule has 2 aromatic heterocycles. The van der Waals surface area contributed by atoms with Gasteiger partial charge >= 0.3 is 0 Å². The Bertz CT molecular complexity index is 844. The molecule has 0 aliphatic carbocycles. The number of thiophene rings is 1. The van der Waals surface area contributed by atoms with Crippen molar-refractivity contribution in [2.24, 2.45) is 0 Å². The number of thiazole rings is 1. The maximum Gasteiger partial charge on any atom is 0.275 e. The highest BCUT2D eigenvalue weighted by Crippen LogP contribution is 2.30. The predicted octanol–water partition coefficient (Wildman–Crippen LogP) is 5.22. The zero-order valence-corrected chi connectivity index (χ0v) is 13.8. The number of nitrogens with one attached hydrogen (secondary N) is 1. The summed E-state index contributed by atoms with van der Waals surface area (Å²) in [7, 11) is 0. The first-order valence-corrected chi connectivity index (χ1v) is 8.39. The fraction of sp³-hybridized carbons (Fsp3) is 0.0667. The minimum Gasteiger partial charge on any atom is -0.318 e. The van der Waals surface area contributed by atoms with Crippen molar-refractivity contribution in [3.8, 4) is 9.88 Å². The van der Waals surface area contributed by atoms with Gasteiger partial charge in [-0.05, 0) is 37.3 Å². The number of halogens is 2. The van der Waals surface area contributed by atoms with E-state index in [4.69, 9.17) is 11.6 Å². The number of benzene rings is 1. The molecule has 3 aromatic rings. The summed E-state index contributed by atoms with van der Waals surface area (Å²) < 4.78 is 13.7. The lowest BCUT2D eigenvalue weighted by Crippen LogP contribution is -2.13. The smallest absolute Gasteiger partial charge is 0.275 e. The van der Waals surface area contributed by atoms with E-state index in [2.05, 4.69) is 10.3 Å². The van der Waals surface area contributed by atoms with Crippen LogP contribution < -0.4 is 5.32 Å². The van der Waals surface area contributed by atoms with E-state index >= 15 is 0 Å². The van der Waals surface area contributed by atoms with E-state index in [0.29, 0.717) is 0 Å². The molecule has 0 aliphatic heterocycles. The van der Waals surface area contributed by atoms with Crippen LogP contribution >= 0.6 is 34.3 Å². The summed E-state index contributed by atoms with van der Waals surface area (Å²) in [5.41, 5.74) is 0.344. The topological polar surface area (TPSA) is 42.0 Å². The second-order valence-electron chi connectivity index (χ2n) is 4.53. The Hall–Kier alpha value is -1.76. The normalized spacial score (nSPS) is 10.7. The van der Waals surface area contributed by atoms with Crippen molar-refractivity contribution in [1.82, 2.24) is 4.98 Å². The van der Waals surface area contributed by atoms with Gasteiger partial charge in [0.2, 0.25) is 0 Å². The van der Waals surface area contributed by atoms with E-state index < -0.39 is 11.7 Å². The van der Waals surface area contributed by atoms with E-state index in [-0.39, 0.29) is 16.4 Å². The molecule has 0 unspecified atom stereocenters. The Labute approximate surface area is 139 Å². The molecule has 3 nitrogen and oxygen atoms in total. The van der Waals surface area contributed by atoms with Gasteiger partial charge in [0, 0.05) is 15.3 Å². The first-order valence-electron chi connectivity index (χ1n) is 6.31. The van der Waals surface area contributed by atoms with Gasteiger partial charge in [-0.1, -0.05) is 11.6 Å². The first kappa shape index (κ1) is 15.1. The van der Waals surface area contributed by atoms with Crippen molar-refractivity contribution in [2.75, 3.05) is 5.32 Å². The summed E-state index contributed by atoms with van der Waals surface area (Å²) in [6, 6.07) is 8.06. The van der Waals surface area contributed by atoms with Crippen molar-refractivity contribution in [1.29, 1.82) is 0 Å². The van der Waals surface area contributed by atoms with E-state index in [0.717, 1.165) is 16.0 Å². The summed E-state index contributed by atoms with van der Waals surface area (Å²) >= 11 is 8.68. The summed E-state index contributed by atoms with van der Waals surface area (Å²) in [6.45, 7) is 2.01. The Kier molecular flexibility index (Phi) is 4.24. The van der Waals surface area contributed by atoms with Gasteiger partial charge in [0.1, 0.15) is 16.5 Å². The van der Waals surface area contributed by atoms with Crippen molar-refractivity contribution in [3.63, 3.8) is 0 Å². The lowest BCUT2D eigenvalue weighted by atomic mass is 10.3. The van der Waals surface area contributed by atoms with Gasteiger partial charge in [-0.25, -0.2) is 9.37 Å².